The second kappa shape index (κ2) is 7.09. The molecule has 0 N–H and O–H groups in total. The van der Waals surface area contributed by atoms with Gasteiger partial charge in [-0.3, -0.25) is 4.90 Å². The van der Waals surface area contributed by atoms with Gasteiger partial charge < -0.3 is 4.42 Å². The van der Waals surface area contributed by atoms with Crippen LogP contribution in [0.15, 0.2) is 51.7 Å². The number of benzene rings is 1. The summed E-state index contributed by atoms with van der Waals surface area (Å²) in [5.74, 6) is 1.33. The molecule has 0 fully saturated rings. The molecule has 27 heavy (non-hydrogen) atoms. The number of nitrogens with zero attached hydrogens (tertiary/aromatic N) is 3. The van der Waals surface area contributed by atoms with Gasteiger partial charge in [-0.1, -0.05) is 12.1 Å². The fraction of sp³-hybridized carbons (Fsp3) is 0.263. The fourth-order valence-electron chi connectivity index (χ4n) is 3.11. The molecule has 140 valence electrons. The van der Waals surface area contributed by atoms with E-state index in [-0.39, 0.29) is 0 Å². The summed E-state index contributed by atoms with van der Waals surface area (Å²) in [6, 6.07) is 8.74. The highest BCUT2D eigenvalue weighted by Crippen LogP contribution is 2.30. The summed E-state index contributed by atoms with van der Waals surface area (Å²) >= 11 is 3.30. The molecule has 0 saturated heterocycles. The van der Waals surface area contributed by atoms with E-state index in [0.29, 0.717) is 29.1 Å². The Hall–Kier alpha value is -2.19. The average molecular weight is 438 g/mol. The zero-order valence-corrected chi connectivity index (χ0v) is 15.7. The van der Waals surface area contributed by atoms with Crippen LogP contribution in [0.4, 0.5) is 13.2 Å². The highest BCUT2D eigenvalue weighted by atomic mass is 79.9. The third kappa shape index (κ3) is 4.06. The molecular formula is C19H15BrF3N3O. The van der Waals surface area contributed by atoms with Crippen LogP contribution in [0.3, 0.4) is 0 Å². The molecule has 0 saturated carbocycles. The molecule has 3 heterocycles. The van der Waals surface area contributed by atoms with Crippen molar-refractivity contribution in [2.75, 3.05) is 6.54 Å². The van der Waals surface area contributed by atoms with E-state index in [1.807, 2.05) is 12.1 Å². The van der Waals surface area contributed by atoms with E-state index in [4.69, 9.17) is 4.42 Å². The first-order valence-corrected chi connectivity index (χ1v) is 9.17. The monoisotopic (exact) mass is 437 g/mol. The van der Waals surface area contributed by atoms with Crippen molar-refractivity contribution in [3.63, 3.8) is 0 Å². The highest BCUT2D eigenvalue weighted by Gasteiger charge is 2.30. The second-order valence-electron chi connectivity index (χ2n) is 6.41. The standard InChI is InChI=1S/C19H15BrF3N3O/c20-17-6-5-15(27-17)11-26-8-7-16-13(10-26)9-24-18(25-16)12-1-3-14(4-2-12)19(21,22)23/h1-6,9H,7-8,10-11H2. The third-order valence-corrected chi connectivity index (χ3v) is 4.92. The van der Waals surface area contributed by atoms with Crippen molar-refractivity contribution in [1.82, 2.24) is 14.9 Å². The Morgan fingerprint density at radius 2 is 1.89 bits per heavy atom. The van der Waals surface area contributed by atoms with Gasteiger partial charge in [0.05, 0.1) is 17.8 Å². The number of hydrogen-bond acceptors (Lipinski definition) is 4. The average Bonchev–Trinajstić information content (AvgIpc) is 3.05. The molecule has 3 aromatic rings. The van der Waals surface area contributed by atoms with E-state index >= 15 is 0 Å². The summed E-state index contributed by atoms with van der Waals surface area (Å²) in [5.41, 5.74) is 1.87. The van der Waals surface area contributed by atoms with Gasteiger partial charge in [-0.15, -0.1) is 0 Å². The maximum absolute atomic E-state index is 12.7. The number of alkyl halides is 3. The van der Waals surface area contributed by atoms with E-state index in [1.165, 1.54) is 12.1 Å². The predicted octanol–water partition coefficient (Wildman–Crippen LogP) is 5.08. The minimum absolute atomic E-state index is 0.450. The van der Waals surface area contributed by atoms with Crippen molar-refractivity contribution >= 4 is 15.9 Å². The lowest BCUT2D eigenvalue weighted by Crippen LogP contribution is -2.30. The Labute approximate surface area is 162 Å². The molecule has 4 nitrogen and oxygen atoms in total. The van der Waals surface area contributed by atoms with Gasteiger partial charge >= 0.3 is 6.18 Å². The Morgan fingerprint density at radius 1 is 1.11 bits per heavy atom. The number of fused-ring (bicyclic) bond motifs is 1. The summed E-state index contributed by atoms with van der Waals surface area (Å²) in [6.07, 6.45) is -1.82. The van der Waals surface area contributed by atoms with Crippen molar-refractivity contribution in [3.05, 3.63) is 69.8 Å². The minimum atomic E-state index is -4.34. The fourth-order valence-corrected chi connectivity index (χ4v) is 3.45. The van der Waals surface area contributed by atoms with Gasteiger partial charge in [-0.25, -0.2) is 9.97 Å². The van der Waals surface area contributed by atoms with Crippen molar-refractivity contribution in [3.8, 4) is 11.4 Å². The van der Waals surface area contributed by atoms with E-state index in [9.17, 15) is 13.2 Å². The Kier molecular flexibility index (Phi) is 4.77. The summed E-state index contributed by atoms with van der Waals surface area (Å²) in [4.78, 5) is 11.2. The molecule has 1 aliphatic rings. The Balaban J connectivity index is 1.50. The van der Waals surface area contributed by atoms with Gasteiger partial charge in [0, 0.05) is 36.8 Å². The van der Waals surface area contributed by atoms with Gasteiger partial charge in [-0.05, 0) is 40.2 Å². The van der Waals surface area contributed by atoms with Crippen molar-refractivity contribution < 1.29 is 17.6 Å². The molecule has 0 amide bonds. The van der Waals surface area contributed by atoms with Crippen LogP contribution in [0.2, 0.25) is 0 Å². The van der Waals surface area contributed by atoms with Crippen molar-refractivity contribution in [2.45, 2.75) is 25.7 Å². The van der Waals surface area contributed by atoms with E-state index in [1.54, 1.807) is 6.20 Å². The largest absolute Gasteiger partial charge is 0.453 e. The van der Waals surface area contributed by atoms with Crippen LogP contribution in [0, 0.1) is 0 Å². The van der Waals surface area contributed by atoms with E-state index in [0.717, 1.165) is 42.1 Å². The molecule has 4 rings (SSSR count). The maximum atomic E-state index is 12.7. The van der Waals surface area contributed by atoms with Crippen LogP contribution in [0.25, 0.3) is 11.4 Å². The molecule has 0 unspecified atom stereocenters. The zero-order chi connectivity index (χ0) is 19.0. The topological polar surface area (TPSA) is 42.2 Å². The van der Waals surface area contributed by atoms with Crippen LogP contribution < -0.4 is 0 Å². The second-order valence-corrected chi connectivity index (χ2v) is 7.19. The van der Waals surface area contributed by atoms with Crippen molar-refractivity contribution in [2.24, 2.45) is 0 Å². The van der Waals surface area contributed by atoms with E-state index < -0.39 is 11.7 Å². The van der Waals surface area contributed by atoms with Crippen molar-refractivity contribution in [1.29, 1.82) is 0 Å². The van der Waals surface area contributed by atoms with Gasteiger partial charge in [-0.2, -0.15) is 13.2 Å². The lowest BCUT2D eigenvalue weighted by molar-refractivity contribution is -0.137. The third-order valence-electron chi connectivity index (χ3n) is 4.49. The number of furan rings is 1. The molecule has 0 spiro atoms. The first kappa shape index (κ1) is 18.2. The smallest absolute Gasteiger partial charge is 0.416 e. The number of halogens is 4. The van der Waals surface area contributed by atoms with Crippen LogP contribution >= 0.6 is 15.9 Å². The van der Waals surface area contributed by atoms with Crippen LogP contribution in [-0.4, -0.2) is 21.4 Å². The lowest BCUT2D eigenvalue weighted by Gasteiger charge is -2.27. The first-order chi connectivity index (χ1) is 12.9. The summed E-state index contributed by atoms with van der Waals surface area (Å²) in [7, 11) is 0. The lowest BCUT2D eigenvalue weighted by atomic mass is 10.1. The zero-order valence-electron chi connectivity index (χ0n) is 14.1. The quantitative estimate of drug-likeness (QED) is 0.573. The van der Waals surface area contributed by atoms with Crippen LogP contribution in [0.5, 0.6) is 0 Å². The molecule has 0 radical (unpaired) electrons. The summed E-state index contributed by atoms with van der Waals surface area (Å²) in [6.45, 7) is 2.24. The molecule has 0 atom stereocenters. The van der Waals surface area contributed by atoms with Gasteiger partial charge in [0.2, 0.25) is 0 Å². The molecule has 0 aliphatic carbocycles. The molecule has 2 aromatic heterocycles. The Bertz CT molecular complexity index is 954. The Morgan fingerprint density at radius 3 is 2.56 bits per heavy atom. The summed E-state index contributed by atoms with van der Waals surface area (Å²) in [5, 5.41) is 0. The number of aromatic nitrogens is 2. The number of rotatable bonds is 3. The predicted molar refractivity (Wildman–Crippen MR) is 96.7 cm³/mol. The first-order valence-electron chi connectivity index (χ1n) is 8.37. The molecule has 8 heteroatoms. The molecule has 1 aromatic carbocycles. The molecular weight excluding hydrogens is 423 g/mol. The van der Waals surface area contributed by atoms with Gasteiger partial charge in [0.25, 0.3) is 0 Å². The summed E-state index contributed by atoms with van der Waals surface area (Å²) < 4.78 is 44.3. The normalized spacial score (nSPS) is 15.0. The highest BCUT2D eigenvalue weighted by molar-refractivity contribution is 9.10. The van der Waals surface area contributed by atoms with E-state index in [2.05, 4.69) is 30.8 Å². The minimum Gasteiger partial charge on any atom is -0.453 e. The number of hydrogen-bond donors (Lipinski definition) is 0. The van der Waals surface area contributed by atoms with Crippen LogP contribution in [-0.2, 0) is 25.7 Å². The molecule has 1 aliphatic heterocycles. The SMILES string of the molecule is FC(F)(F)c1ccc(-c2ncc3c(n2)CCN(Cc2ccc(Br)o2)C3)cc1. The van der Waals surface area contributed by atoms with Gasteiger partial charge in [0.1, 0.15) is 5.76 Å². The van der Waals surface area contributed by atoms with Gasteiger partial charge in [0.15, 0.2) is 10.5 Å². The maximum Gasteiger partial charge on any atom is 0.416 e. The van der Waals surface area contributed by atoms with Crippen LogP contribution in [0.1, 0.15) is 22.6 Å². The molecule has 0 bridgehead atoms.